The van der Waals surface area contributed by atoms with Gasteiger partial charge in [0, 0.05) is 68.2 Å². The molecule has 3 heterocycles. The third kappa shape index (κ3) is 7.64. The Morgan fingerprint density at radius 1 is 1.16 bits per heavy atom. The van der Waals surface area contributed by atoms with Gasteiger partial charge in [0.15, 0.2) is 11.4 Å². The first-order chi connectivity index (χ1) is 20.5. The second kappa shape index (κ2) is 14.2. The lowest BCUT2D eigenvalue weighted by Crippen LogP contribution is -2.47. The van der Waals surface area contributed by atoms with Gasteiger partial charge in [0.25, 0.3) is 0 Å². The molecule has 4 aromatic rings. The van der Waals surface area contributed by atoms with Crippen molar-refractivity contribution in [3.05, 3.63) is 75.8 Å². The fourth-order valence-electron chi connectivity index (χ4n) is 4.55. The molecule has 9 nitrogen and oxygen atoms in total. The van der Waals surface area contributed by atoms with Gasteiger partial charge in [-0.1, -0.05) is 47.5 Å². The van der Waals surface area contributed by atoms with Crippen molar-refractivity contribution in [2.75, 3.05) is 59.6 Å². The molecule has 0 bridgehead atoms. The number of halogens is 3. The highest BCUT2D eigenvalue weighted by atomic mass is 35.5. The topological polar surface area (TPSA) is 105 Å². The molecule has 0 radical (unpaired) electrons. The van der Waals surface area contributed by atoms with Crippen LogP contribution >= 0.6 is 23.2 Å². The smallest absolute Gasteiger partial charge is 0.236 e. The molecular weight excluding hydrogens is 596 g/mol. The quantitative estimate of drug-likeness (QED) is 0.202. The fraction of sp³-hybridized carbons (Fsp3) is 0.323. The normalized spacial score (nSPS) is 14.6. The number of hydrogen-bond acceptors (Lipinski definition) is 8. The van der Waals surface area contributed by atoms with Crippen molar-refractivity contribution in [3.63, 3.8) is 0 Å². The lowest BCUT2D eigenvalue weighted by atomic mass is 10.0. The average Bonchev–Trinajstić information content (AvgIpc) is 3.42. The Morgan fingerprint density at radius 3 is 2.47 bits per heavy atom. The highest BCUT2D eigenvalue weighted by Crippen LogP contribution is 2.41. The van der Waals surface area contributed by atoms with E-state index >= 15 is 0 Å². The van der Waals surface area contributed by atoms with Gasteiger partial charge in [0.1, 0.15) is 18.2 Å². The summed E-state index contributed by atoms with van der Waals surface area (Å²) < 4.78 is 25.6. The summed E-state index contributed by atoms with van der Waals surface area (Å²) in [4.78, 5) is 32.6. The van der Waals surface area contributed by atoms with Crippen molar-refractivity contribution in [2.24, 2.45) is 0 Å². The standard InChI is InChI=1S/C22H15Cl2FN2O3.C9H19N3O/c1-11(18-16(23)6-7-17(25)19(18)24)30-21-20-14(8-27-22(21)26)15(10-29-20)13-4-2-12(9-28)3-5-13;1-10(2)9(13)8-12-6-4-11(3)5-7-12/h2-11H,1H3,(H2,26,27);4-8H2,1-3H3. The van der Waals surface area contributed by atoms with Crippen LogP contribution in [0.1, 0.15) is 28.9 Å². The van der Waals surface area contributed by atoms with Crippen molar-refractivity contribution < 1.29 is 23.1 Å². The lowest BCUT2D eigenvalue weighted by Gasteiger charge is -2.32. The van der Waals surface area contributed by atoms with Crippen LogP contribution in [0.25, 0.3) is 22.1 Å². The highest BCUT2D eigenvalue weighted by Gasteiger charge is 2.23. The van der Waals surface area contributed by atoms with Crippen molar-refractivity contribution in [1.82, 2.24) is 19.7 Å². The largest absolute Gasteiger partial charge is 0.478 e. The summed E-state index contributed by atoms with van der Waals surface area (Å²) >= 11 is 12.3. The minimum atomic E-state index is -0.726. The van der Waals surface area contributed by atoms with Gasteiger partial charge in [-0.3, -0.25) is 14.5 Å². The van der Waals surface area contributed by atoms with Gasteiger partial charge in [0.2, 0.25) is 11.7 Å². The number of aromatic nitrogens is 1. The average molecular weight is 631 g/mol. The molecule has 1 aliphatic rings. The van der Waals surface area contributed by atoms with Crippen LogP contribution in [0.5, 0.6) is 5.75 Å². The van der Waals surface area contributed by atoms with E-state index in [1.54, 1.807) is 62.6 Å². The molecule has 1 unspecified atom stereocenters. The molecule has 1 fully saturated rings. The van der Waals surface area contributed by atoms with E-state index in [0.717, 1.165) is 43.6 Å². The van der Waals surface area contributed by atoms with Gasteiger partial charge in [-0.15, -0.1) is 0 Å². The van der Waals surface area contributed by atoms with Gasteiger partial charge >= 0.3 is 0 Å². The number of aldehydes is 1. The Morgan fingerprint density at radius 2 is 1.84 bits per heavy atom. The van der Waals surface area contributed by atoms with Crippen LogP contribution in [0.15, 0.2) is 53.3 Å². The number of piperazine rings is 1. The zero-order valence-electron chi connectivity index (χ0n) is 24.4. The van der Waals surface area contributed by atoms with Crippen LogP contribution in [0.4, 0.5) is 10.2 Å². The van der Waals surface area contributed by atoms with E-state index in [2.05, 4.69) is 21.8 Å². The molecule has 43 heavy (non-hydrogen) atoms. The molecule has 2 aromatic carbocycles. The first-order valence-corrected chi connectivity index (χ1v) is 14.4. The number of rotatable bonds is 7. The number of anilines is 1. The van der Waals surface area contributed by atoms with E-state index in [9.17, 15) is 14.0 Å². The van der Waals surface area contributed by atoms with E-state index in [-0.39, 0.29) is 27.5 Å². The highest BCUT2D eigenvalue weighted by molar-refractivity contribution is 6.36. The van der Waals surface area contributed by atoms with Gasteiger partial charge in [-0.25, -0.2) is 9.37 Å². The Balaban J connectivity index is 0.000000273. The van der Waals surface area contributed by atoms with Gasteiger partial charge < -0.3 is 24.7 Å². The lowest BCUT2D eigenvalue weighted by molar-refractivity contribution is -0.130. The molecule has 2 N–H and O–H groups in total. The van der Waals surface area contributed by atoms with Crippen LogP contribution in [0.3, 0.4) is 0 Å². The predicted molar refractivity (Wildman–Crippen MR) is 167 cm³/mol. The number of nitrogens with zero attached hydrogens (tertiary/aromatic N) is 4. The molecule has 12 heteroatoms. The minimum absolute atomic E-state index is 0.107. The van der Waals surface area contributed by atoms with Crippen LogP contribution in [0, 0.1) is 5.82 Å². The third-order valence-electron chi connectivity index (χ3n) is 7.19. The first-order valence-electron chi connectivity index (χ1n) is 13.6. The monoisotopic (exact) mass is 629 g/mol. The summed E-state index contributed by atoms with van der Waals surface area (Å²) in [5.74, 6) is -0.0956. The molecule has 0 saturated carbocycles. The Hall–Kier alpha value is -3.70. The maximum atomic E-state index is 13.9. The zero-order chi connectivity index (χ0) is 31.3. The molecule has 2 aromatic heterocycles. The van der Waals surface area contributed by atoms with Crippen LogP contribution < -0.4 is 10.5 Å². The molecule has 0 spiro atoms. The second-order valence-electron chi connectivity index (χ2n) is 10.5. The molecule has 5 rings (SSSR count). The summed E-state index contributed by atoms with van der Waals surface area (Å²) in [6.07, 6.45) is 3.18. The number of benzene rings is 2. The minimum Gasteiger partial charge on any atom is -0.478 e. The SMILES string of the molecule is CC(Oc1c(N)ncc2c(-c3ccc(C=O)cc3)coc12)c1c(Cl)ccc(F)c1Cl.CN1CCN(CC(=O)N(C)C)CC1. The zero-order valence-corrected chi connectivity index (χ0v) is 26.0. The number of ether oxygens (including phenoxy) is 1. The number of pyridine rings is 1. The van der Waals surface area contributed by atoms with Crippen LogP contribution in [-0.2, 0) is 4.79 Å². The van der Waals surface area contributed by atoms with Crippen LogP contribution in [-0.4, -0.2) is 85.7 Å². The molecule has 1 saturated heterocycles. The van der Waals surface area contributed by atoms with Gasteiger partial charge in [-0.05, 0) is 31.7 Å². The van der Waals surface area contributed by atoms with E-state index in [4.69, 9.17) is 38.1 Å². The molecule has 1 aliphatic heterocycles. The van der Waals surface area contributed by atoms with Crippen molar-refractivity contribution >= 4 is 52.2 Å². The number of nitrogen functional groups attached to an aromatic ring is 1. The van der Waals surface area contributed by atoms with Gasteiger partial charge in [0.05, 0.1) is 23.2 Å². The first kappa shape index (κ1) is 32.2. The summed E-state index contributed by atoms with van der Waals surface area (Å²) in [5, 5.41) is 0.814. The summed E-state index contributed by atoms with van der Waals surface area (Å²) in [5.41, 5.74) is 8.87. The number of amides is 1. The number of hydrogen-bond donors (Lipinski definition) is 1. The Labute approximate surface area is 259 Å². The van der Waals surface area contributed by atoms with Crippen molar-refractivity contribution in [3.8, 4) is 16.9 Å². The number of fused-ring (bicyclic) bond motifs is 1. The molecule has 0 aliphatic carbocycles. The summed E-state index contributed by atoms with van der Waals surface area (Å²) in [6.45, 7) is 6.40. The number of furan rings is 1. The number of carbonyl (C=O) groups excluding carboxylic acids is 2. The molecular formula is C31H34Cl2FN5O4. The second-order valence-corrected chi connectivity index (χ2v) is 11.3. The molecule has 1 atom stereocenters. The predicted octanol–water partition coefficient (Wildman–Crippen LogP) is 5.80. The summed E-state index contributed by atoms with van der Waals surface area (Å²) in [6, 6.07) is 9.62. The number of nitrogens with two attached hydrogens (primary N) is 1. The Kier molecular flexibility index (Phi) is 10.6. The molecule has 1 amide bonds. The van der Waals surface area contributed by atoms with Gasteiger partial charge in [-0.2, -0.15) is 0 Å². The van der Waals surface area contributed by atoms with E-state index in [1.165, 1.54) is 12.1 Å². The number of likely N-dealkylation sites (N-methyl/N-ethyl adjacent to an activating group) is 2. The van der Waals surface area contributed by atoms with Crippen molar-refractivity contribution in [1.29, 1.82) is 0 Å². The molecule has 228 valence electrons. The van der Waals surface area contributed by atoms with E-state index < -0.39 is 11.9 Å². The summed E-state index contributed by atoms with van der Waals surface area (Å²) in [7, 11) is 5.72. The maximum Gasteiger partial charge on any atom is 0.236 e. The Bertz CT molecular complexity index is 1590. The maximum absolute atomic E-state index is 13.9. The van der Waals surface area contributed by atoms with E-state index in [0.29, 0.717) is 28.6 Å². The fourth-order valence-corrected chi connectivity index (χ4v) is 5.23. The third-order valence-corrected chi connectivity index (χ3v) is 7.91. The van der Waals surface area contributed by atoms with E-state index in [1.807, 2.05) is 0 Å². The van der Waals surface area contributed by atoms with Crippen LogP contribution in [0.2, 0.25) is 10.0 Å². The number of carbonyl (C=O) groups is 2. The van der Waals surface area contributed by atoms with Crippen molar-refractivity contribution in [2.45, 2.75) is 13.0 Å².